The van der Waals surface area contributed by atoms with Crippen molar-refractivity contribution in [3.63, 3.8) is 0 Å². The zero-order valence-electron chi connectivity index (χ0n) is 14.6. The van der Waals surface area contributed by atoms with E-state index in [2.05, 4.69) is 32.2 Å². The van der Waals surface area contributed by atoms with Gasteiger partial charge < -0.3 is 9.88 Å². The fourth-order valence-corrected chi connectivity index (χ4v) is 3.76. The first kappa shape index (κ1) is 16.8. The third-order valence-corrected chi connectivity index (χ3v) is 5.30. The highest BCUT2D eigenvalue weighted by atomic mass is 32.2. The highest BCUT2D eigenvalue weighted by Gasteiger charge is 2.28. The van der Waals surface area contributed by atoms with Gasteiger partial charge in [0.15, 0.2) is 5.16 Å². The minimum Gasteiger partial charge on any atom is -0.325 e. The Balaban J connectivity index is 1.35. The number of benzene rings is 2. The molecule has 2 aromatic carbocycles. The molecule has 1 heterocycles. The third-order valence-electron chi connectivity index (χ3n) is 4.36. The molecule has 0 saturated heterocycles. The van der Waals surface area contributed by atoms with Gasteiger partial charge in [-0.05, 0) is 43.0 Å². The van der Waals surface area contributed by atoms with Crippen LogP contribution in [0.4, 0.5) is 5.69 Å². The summed E-state index contributed by atoms with van der Waals surface area (Å²) in [5.41, 5.74) is 3.09. The molecule has 1 aromatic heterocycles. The van der Waals surface area contributed by atoms with Gasteiger partial charge >= 0.3 is 0 Å². The van der Waals surface area contributed by atoms with Gasteiger partial charge in [-0.2, -0.15) is 0 Å². The number of rotatable bonds is 6. The summed E-state index contributed by atoms with van der Waals surface area (Å²) in [4.78, 5) is 12.3. The number of carbonyl (C=O) groups excluding carboxylic acids is 1. The van der Waals surface area contributed by atoms with Crippen molar-refractivity contribution in [3.05, 3.63) is 60.4 Å². The first-order valence-corrected chi connectivity index (χ1v) is 9.69. The fraction of sp³-hybridized carbons (Fsp3) is 0.250. The van der Waals surface area contributed by atoms with E-state index in [0.717, 1.165) is 27.8 Å². The number of thioether (sulfide) groups is 1. The molecule has 3 aromatic rings. The Bertz CT molecular complexity index is 901. The topological polar surface area (TPSA) is 59.8 Å². The van der Waals surface area contributed by atoms with Crippen LogP contribution in [0.2, 0.25) is 0 Å². The molecule has 4 rings (SSSR count). The van der Waals surface area contributed by atoms with Crippen molar-refractivity contribution in [1.82, 2.24) is 14.8 Å². The van der Waals surface area contributed by atoms with Crippen molar-refractivity contribution in [2.75, 3.05) is 11.1 Å². The average Bonchev–Trinajstić information content (AvgIpc) is 3.44. The molecule has 0 atom stereocenters. The Labute approximate surface area is 156 Å². The lowest BCUT2D eigenvalue weighted by Crippen LogP contribution is -2.14. The lowest BCUT2D eigenvalue weighted by atomic mass is 10.1. The molecule has 0 bridgehead atoms. The molecule has 0 radical (unpaired) electrons. The molecule has 26 heavy (non-hydrogen) atoms. The molecule has 5 nitrogen and oxygen atoms in total. The van der Waals surface area contributed by atoms with Gasteiger partial charge in [0.1, 0.15) is 5.82 Å². The lowest BCUT2D eigenvalue weighted by molar-refractivity contribution is -0.113. The number of aryl methyl sites for hydroxylation is 1. The number of nitrogens with zero attached hydrogens (tertiary/aromatic N) is 3. The molecule has 6 heteroatoms. The van der Waals surface area contributed by atoms with Crippen molar-refractivity contribution in [2.24, 2.45) is 0 Å². The number of hydrogen-bond acceptors (Lipinski definition) is 4. The van der Waals surface area contributed by atoms with E-state index in [1.807, 2.05) is 49.4 Å². The maximum Gasteiger partial charge on any atom is 0.234 e. The maximum absolute atomic E-state index is 12.3. The van der Waals surface area contributed by atoms with Crippen molar-refractivity contribution in [3.8, 4) is 11.1 Å². The van der Waals surface area contributed by atoms with Crippen LogP contribution in [0, 0.1) is 6.92 Å². The molecule has 132 valence electrons. The van der Waals surface area contributed by atoms with Gasteiger partial charge in [0.2, 0.25) is 5.91 Å². The Hall–Kier alpha value is -2.60. The van der Waals surface area contributed by atoms with Gasteiger partial charge in [-0.15, -0.1) is 10.2 Å². The molecule has 1 saturated carbocycles. The summed E-state index contributed by atoms with van der Waals surface area (Å²) in [5.74, 6) is 1.21. The van der Waals surface area contributed by atoms with Gasteiger partial charge in [0, 0.05) is 11.7 Å². The molecule has 1 aliphatic carbocycles. The van der Waals surface area contributed by atoms with E-state index in [9.17, 15) is 4.79 Å². The molecule has 1 amide bonds. The van der Waals surface area contributed by atoms with Crippen molar-refractivity contribution >= 4 is 23.4 Å². The first-order valence-electron chi connectivity index (χ1n) is 8.70. The maximum atomic E-state index is 12.3. The Morgan fingerprint density at radius 1 is 1.08 bits per heavy atom. The van der Waals surface area contributed by atoms with Crippen LogP contribution in [-0.2, 0) is 4.79 Å². The van der Waals surface area contributed by atoms with Crippen LogP contribution in [0.25, 0.3) is 11.1 Å². The van der Waals surface area contributed by atoms with E-state index in [4.69, 9.17) is 0 Å². The fourth-order valence-electron chi connectivity index (χ4n) is 2.91. The van der Waals surface area contributed by atoms with Crippen LogP contribution in [0.3, 0.4) is 0 Å². The van der Waals surface area contributed by atoms with E-state index in [1.165, 1.54) is 24.6 Å². The monoisotopic (exact) mass is 364 g/mol. The second-order valence-corrected chi connectivity index (χ2v) is 7.35. The summed E-state index contributed by atoms with van der Waals surface area (Å²) in [6.45, 7) is 1.96. The number of anilines is 1. The standard InChI is InChI=1S/C20H20N4OS/c1-14-22-23-20(24(14)18-11-12-18)26-13-19(25)21-17-9-7-16(8-10-17)15-5-3-2-4-6-15/h2-10,18H,11-13H2,1H3,(H,21,25). The largest absolute Gasteiger partial charge is 0.325 e. The van der Waals surface area contributed by atoms with Crippen LogP contribution in [0.15, 0.2) is 59.8 Å². The minimum absolute atomic E-state index is 0.0366. The van der Waals surface area contributed by atoms with Gasteiger partial charge in [-0.1, -0.05) is 54.2 Å². The van der Waals surface area contributed by atoms with E-state index in [1.54, 1.807) is 0 Å². The summed E-state index contributed by atoms with van der Waals surface area (Å²) < 4.78 is 2.15. The molecule has 1 N–H and O–H groups in total. The van der Waals surface area contributed by atoms with Crippen LogP contribution in [0.5, 0.6) is 0 Å². The molecule has 1 fully saturated rings. The van der Waals surface area contributed by atoms with Crippen molar-refractivity contribution in [2.45, 2.75) is 31.0 Å². The molecule has 1 aliphatic rings. The smallest absolute Gasteiger partial charge is 0.234 e. The molecule has 0 aliphatic heterocycles. The highest BCUT2D eigenvalue weighted by Crippen LogP contribution is 2.38. The quantitative estimate of drug-likeness (QED) is 0.662. The average molecular weight is 364 g/mol. The third kappa shape index (κ3) is 3.80. The van der Waals surface area contributed by atoms with Crippen molar-refractivity contribution < 1.29 is 4.79 Å². The number of nitrogens with one attached hydrogen (secondary N) is 1. The predicted octanol–water partition coefficient (Wildman–Crippen LogP) is 4.32. The summed E-state index contributed by atoms with van der Waals surface area (Å²) in [6.07, 6.45) is 2.35. The van der Waals surface area contributed by atoms with E-state index in [-0.39, 0.29) is 5.91 Å². The summed E-state index contributed by atoms with van der Waals surface area (Å²) in [6, 6.07) is 18.6. The molecule has 0 spiro atoms. The number of aromatic nitrogens is 3. The summed E-state index contributed by atoms with van der Waals surface area (Å²) >= 11 is 1.44. The first-order chi connectivity index (χ1) is 12.7. The number of hydrogen-bond donors (Lipinski definition) is 1. The van der Waals surface area contributed by atoms with Crippen molar-refractivity contribution in [1.29, 1.82) is 0 Å². The van der Waals surface area contributed by atoms with E-state index >= 15 is 0 Å². The second kappa shape index (κ2) is 7.33. The van der Waals surface area contributed by atoms with Crippen LogP contribution < -0.4 is 5.32 Å². The Kier molecular flexibility index (Phi) is 4.75. The van der Waals surface area contributed by atoms with Gasteiger partial charge in [-0.3, -0.25) is 4.79 Å². The Morgan fingerprint density at radius 3 is 2.46 bits per heavy atom. The van der Waals surface area contributed by atoms with Crippen LogP contribution in [0.1, 0.15) is 24.7 Å². The van der Waals surface area contributed by atoms with Gasteiger partial charge in [0.05, 0.1) is 5.75 Å². The molecule has 0 unspecified atom stereocenters. The van der Waals surface area contributed by atoms with Gasteiger partial charge in [0.25, 0.3) is 0 Å². The van der Waals surface area contributed by atoms with Gasteiger partial charge in [-0.25, -0.2) is 0 Å². The lowest BCUT2D eigenvalue weighted by Gasteiger charge is -2.08. The zero-order valence-corrected chi connectivity index (χ0v) is 15.4. The minimum atomic E-state index is -0.0366. The zero-order chi connectivity index (χ0) is 17.9. The number of carbonyl (C=O) groups is 1. The molecular formula is C20H20N4OS. The molecular weight excluding hydrogens is 344 g/mol. The van der Waals surface area contributed by atoms with E-state index < -0.39 is 0 Å². The van der Waals surface area contributed by atoms with E-state index in [0.29, 0.717) is 11.8 Å². The highest BCUT2D eigenvalue weighted by molar-refractivity contribution is 7.99. The normalized spacial score (nSPS) is 13.6. The number of amides is 1. The summed E-state index contributed by atoms with van der Waals surface area (Å²) in [5, 5.41) is 12.1. The predicted molar refractivity (Wildman–Crippen MR) is 104 cm³/mol. The second-order valence-electron chi connectivity index (χ2n) is 6.41. The van der Waals surface area contributed by atoms with Crippen LogP contribution in [-0.4, -0.2) is 26.4 Å². The van der Waals surface area contributed by atoms with Crippen LogP contribution >= 0.6 is 11.8 Å². The SMILES string of the molecule is Cc1nnc(SCC(=O)Nc2ccc(-c3ccccc3)cc2)n1C1CC1. The Morgan fingerprint density at radius 2 is 1.77 bits per heavy atom. The summed E-state index contributed by atoms with van der Waals surface area (Å²) in [7, 11) is 0.